The first-order valence-electron chi connectivity index (χ1n) is 4.75. The molecular weight excluding hydrogens is 208 g/mol. The maximum absolute atomic E-state index is 11.3. The van der Waals surface area contributed by atoms with Crippen molar-refractivity contribution in [2.45, 2.75) is 5.60 Å². The quantitative estimate of drug-likeness (QED) is 0.630. The van der Waals surface area contributed by atoms with Crippen molar-refractivity contribution in [3.63, 3.8) is 0 Å². The van der Waals surface area contributed by atoms with Crippen LogP contribution in [0, 0.1) is 0 Å². The normalized spacial score (nSPS) is 24.9. The summed E-state index contributed by atoms with van der Waals surface area (Å²) in [6.07, 6.45) is 2.69. The molecule has 80 valence electrons. The number of hydrazone groups is 1. The number of carboxylic acid groups (broad SMARTS) is 1. The van der Waals surface area contributed by atoms with E-state index in [9.17, 15) is 9.90 Å². The van der Waals surface area contributed by atoms with E-state index in [0.717, 1.165) is 16.8 Å². The Morgan fingerprint density at radius 3 is 3.06 bits per heavy atom. The van der Waals surface area contributed by atoms with Crippen molar-refractivity contribution in [2.75, 3.05) is 0 Å². The average Bonchev–Trinajstić information content (AvgIpc) is 2.64. The van der Waals surface area contributed by atoms with Gasteiger partial charge in [-0.15, -0.1) is 5.10 Å². The fourth-order valence-corrected chi connectivity index (χ4v) is 2.00. The summed E-state index contributed by atoms with van der Waals surface area (Å²) in [7, 11) is 0. The van der Waals surface area contributed by atoms with Crippen LogP contribution in [0.25, 0.3) is 11.8 Å². The highest BCUT2D eigenvalue weighted by molar-refractivity contribution is 6.01. The van der Waals surface area contributed by atoms with Gasteiger partial charge < -0.3 is 9.84 Å². The third-order valence-electron chi connectivity index (χ3n) is 2.75. The standard InChI is InChI=1S/C11H8N2O3/c14-10(15)11-5-7-3-1-2-4-8(7)9(11)13-12-6-16-11/h1-6,13H,(H,14,15). The van der Waals surface area contributed by atoms with Crippen molar-refractivity contribution in [2.24, 2.45) is 5.10 Å². The summed E-state index contributed by atoms with van der Waals surface area (Å²) < 4.78 is 5.19. The molecule has 0 amide bonds. The summed E-state index contributed by atoms with van der Waals surface area (Å²) >= 11 is 0. The fraction of sp³-hybridized carbons (Fsp3) is 0.0909. The molecule has 1 heterocycles. The van der Waals surface area contributed by atoms with Crippen molar-refractivity contribution in [3.05, 3.63) is 34.7 Å². The fourth-order valence-electron chi connectivity index (χ4n) is 2.00. The van der Waals surface area contributed by atoms with Gasteiger partial charge in [-0.05, 0) is 11.3 Å². The summed E-state index contributed by atoms with van der Waals surface area (Å²) in [5.74, 6) is -1.06. The van der Waals surface area contributed by atoms with Gasteiger partial charge in [-0.25, -0.2) is 4.79 Å². The molecule has 1 aromatic carbocycles. The monoisotopic (exact) mass is 216 g/mol. The van der Waals surface area contributed by atoms with Crippen molar-refractivity contribution in [1.82, 2.24) is 5.43 Å². The number of fused-ring (bicyclic) bond motifs is 2. The van der Waals surface area contributed by atoms with Gasteiger partial charge in [-0.3, -0.25) is 5.43 Å². The molecular formula is C11H8N2O3. The highest BCUT2D eigenvalue weighted by Crippen LogP contribution is 2.26. The molecule has 3 rings (SSSR count). The predicted octanol–water partition coefficient (Wildman–Crippen LogP) is -1.02. The molecule has 5 heteroatoms. The number of hydrogen-bond acceptors (Lipinski definition) is 4. The Morgan fingerprint density at radius 2 is 2.25 bits per heavy atom. The highest BCUT2D eigenvalue weighted by atomic mass is 16.5. The molecule has 0 fully saturated rings. The minimum absolute atomic E-state index is 0.457. The first-order valence-corrected chi connectivity index (χ1v) is 4.75. The molecule has 0 spiro atoms. The SMILES string of the molecule is O=C(O)C12C=c3ccccc3=C1NN=CO2. The average molecular weight is 216 g/mol. The van der Waals surface area contributed by atoms with E-state index < -0.39 is 11.6 Å². The van der Waals surface area contributed by atoms with Gasteiger partial charge in [0.05, 0.1) is 0 Å². The second-order valence-electron chi connectivity index (χ2n) is 3.61. The van der Waals surface area contributed by atoms with Gasteiger partial charge in [0.15, 0.2) is 6.40 Å². The number of carbonyl (C=O) groups is 1. The number of hydrogen-bond donors (Lipinski definition) is 2. The van der Waals surface area contributed by atoms with E-state index in [1.807, 2.05) is 24.3 Å². The van der Waals surface area contributed by atoms with Gasteiger partial charge in [-0.2, -0.15) is 0 Å². The van der Waals surface area contributed by atoms with Gasteiger partial charge in [0.1, 0.15) is 5.70 Å². The molecule has 2 aliphatic rings. The van der Waals surface area contributed by atoms with Gasteiger partial charge >= 0.3 is 5.97 Å². The topological polar surface area (TPSA) is 70.9 Å². The molecule has 1 aliphatic carbocycles. The minimum atomic E-state index is -1.45. The molecule has 1 unspecified atom stereocenters. The molecule has 0 saturated heterocycles. The number of carboxylic acids is 1. The Labute approximate surface area is 90.3 Å². The van der Waals surface area contributed by atoms with Crippen molar-refractivity contribution in [1.29, 1.82) is 0 Å². The molecule has 0 bridgehead atoms. The Balaban J connectivity index is 2.40. The van der Waals surface area contributed by atoms with Crippen molar-refractivity contribution >= 4 is 24.1 Å². The second-order valence-corrected chi connectivity index (χ2v) is 3.61. The molecule has 5 nitrogen and oxygen atoms in total. The number of ether oxygens (including phenoxy) is 1. The highest BCUT2D eigenvalue weighted by Gasteiger charge is 2.47. The zero-order valence-electron chi connectivity index (χ0n) is 8.18. The Bertz CT molecular complexity index is 620. The zero-order valence-corrected chi connectivity index (χ0v) is 8.18. The van der Waals surface area contributed by atoms with Crippen LogP contribution in [0.2, 0.25) is 0 Å². The van der Waals surface area contributed by atoms with Crippen LogP contribution >= 0.6 is 0 Å². The lowest BCUT2D eigenvalue weighted by molar-refractivity contribution is -0.146. The minimum Gasteiger partial charge on any atom is -0.478 e. The Morgan fingerprint density at radius 1 is 1.44 bits per heavy atom. The number of aliphatic carboxylic acids is 1. The van der Waals surface area contributed by atoms with E-state index >= 15 is 0 Å². The van der Waals surface area contributed by atoms with E-state index in [1.165, 1.54) is 0 Å². The molecule has 0 radical (unpaired) electrons. The van der Waals surface area contributed by atoms with Crippen LogP contribution < -0.4 is 15.9 Å². The third kappa shape index (κ3) is 0.942. The summed E-state index contributed by atoms with van der Waals surface area (Å²) in [5, 5.41) is 14.7. The van der Waals surface area contributed by atoms with Crippen LogP contribution in [-0.2, 0) is 9.53 Å². The largest absolute Gasteiger partial charge is 0.478 e. The van der Waals surface area contributed by atoms with Crippen LogP contribution in [0.1, 0.15) is 0 Å². The Kier molecular flexibility index (Phi) is 1.60. The van der Waals surface area contributed by atoms with E-state index in [2.05, 4.69) is 10.5 Å². The van der Waals surface area contributed by atoms with Gasteiger partial charge in [-0.1, -0.05) is 24.3 Å². The van der Waals surface area contributed by atoms with Crippen molar-refractivity contribution in [3.8, 4) is 0 Å². The van der Waals surface area contributed by atoms with Crippen molar-refractivity contribution < 1.29 is 14.6 Å². The van der Waals surface area contributed by atoms with E-state index in [1.54, 1.807) is 6.08 Å². The summed E-state index contributed by atoms with van der Waals surface area (Å²) in [5.41, 5.74) is 1.71. The number of rotatable bonds is 1. The number of nitrogens with zero attached hydrogens (tertiary/aromatic N) is 1. The van der Waals surface area contributed by atoms with Gasteiger partial charge in [0, 0.05) is 5.22 Å². The van der Waals surface area contributed by atoms with E-state index in [0.29, 0.717) is 5.70 Å². The lowest BCUT2D eigenvalue weighted by Gasteiger charge is -2.27. The molecule has 2 N–H and O–H groups in total. The molecule has 16 heavy (non-hydrogen) atoms. The summed E-state index contributed by atoms with van der Waals surface area (Å²) in [4.78, 5) is 11.3. The van der Waals surface area contributed by atoms with E-state index in [-0.39, 0.29) is 0 Å². The number of benzene rings is 1. The first kappa shape index (κ1) is 8.96. The maximum atomic E-state index is 11.3. The molecule has 0 saturated carbocycles. The number of nitrogens with one attached hydrogen (secondary N) is 1. The zero-order chi connectivity index (χ0) is 11.2. The van der Waals surface area contributed by atoms with Crippen LogP contribution in [0.3, 0.4) is 0 Å². The predicted molar refractivity (Wildman–Crippen MR) is 56.6 cm³/mol. The van der Waals surface area contributed by atoms with E-state index in [4.69, 9.17) is 4.74 Å². The van der Waals surface area contributed by atoms with Crippen LogP contribution in [0.15, 0.2) is 29.4 Å². The van der Waals surface area contributed by atoms with Crippen LogP contribution in [0.4, 0.5) is 0 Å². The molecule has 1 atom stereocenters. The van der Waals surface area contributed by atoms with Crippen LogP contribution in [0.5, 0.6) is 0 Å². The van der Waals surface area contributed by atoms with Crippen LogP contribution in [-0.4, -0.2) is 23.1 Å². The first-order chi connectivity index (χ1) is 7.74. The summed E-state index contributed by atoms with van der Waals surface area (Å²) in [6, 6.07) is 7.38. The molecule has 1 aliphatic heterocycles. The smallest absolute Gasteiger partial charge is 0.358 e. The molecule has 1 aromatic rings. The Hall–Kier alpha value is -2.30. The lowest BCUT2D eigenvalue weighted by atomic mass is 10.0. The van der Waals surface area contributed by atoms with Gasteiger partial charge in [0.25, 0.3) is 5.60 Å². The lowest BCUT2D eigenvalue weighted by Crippen LogP contribution is -2.46. The van der Waals surface area contributed by atoms with Gasteiger partial charge in [0.2, 0.25) is 0 Å². The third-order valence-corrected chi connectivity index (χ3v) is 2.75. The molecule has 0 aromatic heterocycles. The second kappa shape index (κ2) is 2.85. The summed E-state index contributed by atoms with van der Waals surface area (Å²) in [6.45, 7) is 0. The maximum Gasteiger partial charge on any atom is 0.358 e.